The van der Waals surface area contributed by atoms with Gasteiger partial charge in [-0.25, -0.2) is 0 Å². The fourth-order valence-electron chi connectivity index (χ4n) is 3.43. The third-order valence-corrected chi connectivity index (χ3v) is 4.89. The summed E-state index contributed by atoms with van der Waals surface area (Å²) in [4.78, 5) is 4.04. The summed E-state index contributed by atoms with van der Waals surface area (Å²) in [7, 11) is 0. The highest BCUT2D eigenvalue weighted by atomic mass is 16.5. The third-order valence-electron chi connectivity index (χ3n) is 4.89. The van der Waals surface area contributed by atoms with E-state index in [4.69, 9.17) is 9.26 Å². The summed E-state index contributed by atoms with van der Waals surface area (Å²) in [6, 6.07) is 3.66. The van der Waals surface area contributed by atoms with Gasteiger partial charge in [0.05, 0.1) is 30.7 Å². The van der Waals surface area contributed by atoms with E-state index in [2.05, 4.69) is 15.5 Å². The van der Waals surface area contributed by atoms with Gasteiger partial charge >= 0.3 is 0 Å². The molecule has 1 aliphatic carbocycles. The maximum Gasteiger partial charge on any atom is 0.138 e. The van der Waals surface area contributed by atoms with Crippen molar-refractivity contribution in [2.75, 3.05) is 13.2 Å². The molecule has 2 aromatic heterocycles. The first-order chi connectivity index (χ1) is 12.0. The molecule has 1 saturated carbocycles. The number of pyridine rings is 1. The van der Waals surface area contributed by atoms with Crippen molar-refractivity contribution in [1.82, 2.24) is 15.5 Å². The Hall–Kier alpha value is -1.96. The number of ether oxygens (including phenoxy) is 1. The molecule has 7 heteroatoms. The Morgan fingerprint density at radius 3 is 2.68 bits per heavy atom. The lowest BCUT2D eigenvalue weighted by Gasteiger charge is -2.29. The van der Waals surface area contributed by atoms with E-state index < -0.39 is 12.2 Å². The van der Waals surface area contributed by atoms with Crippen LogP contribution in [0.15, 0.2) is 29.0 Å². The molecular weight excluding hydrogens is 322 g/mol. The van der Waals surface area contributed by atoms with Crippen LogP contribution >= 0.6 is 0 Å². The molecular formula is C18H25N3O4. The number of rotatable bonds is 7. The highest BCUT2D eigenvalue weighted by molar-refractivity contribution is 5.20. The SMILES string of the molecule is Cc1noc(C)c1CNCC1(COc2cccnc2)C[C@@H](O)[C@@H](O)C1. The Labute approximate surface area is 147 Å². The number of hydrogen-bond donors (Lipinski definition) is 3. The maximum absolute atomic E-state index is 10.0. The van der Waals surface area contributed by atoms with Gasteiger partial charge in [0.25, 0.3) is 0 Å². The number of hydrogen-bond acceptors (Lipinski definition) is 7. The molecule has 0 aliphatic heterocycles. The zero-order valence-electron chi connectivity index (χ0n) is 14.6. The molecule has 3 atom stereocenters. The zero-order valence-corrected chi connectivity index (χ0v) is 14.6. The molecule has 0 radical (unpaired) electrons. The average molecular weight is 347 g/mol. The monoisotopic (exact) mass is 347 g/mol. The van der Waals surface area contributed by atoms with Crippen molar-refractivity contribution < 1.29 is 19.5 Å². The minimum absolute atomic E-state index is 0.340. The van der Waals surface area contributed by atoms with E-state index in [1.165, 1.54) is 0 Å². The standard InChI is InChI=1S/C18H25N3O4/c1-12-15(13(2)25-21-12)9-20-10-18(6-16(22)17(23)7-18)11-24-14-4-3-5-19-8-14/h3-5,8,16-17,20,22-23H,6-7,9-11H2,1-2H3/t16-,17+,18?. The summed E-state index contributed by atoms with van der Waals surface area (Å²) in [5.74, 6) is 1.49. The van der Waals surface area contributed by atoms with Crippen LogP contribution in [0.3, 0.4) is 0 Å². The molecule has 136 valence electrons. The predicted molar refractivity (Wildman–Crippen MR) is 91.1 cm³/mol. The van der Waals surface area contributed by atoms with Crippen LogP contribution in [0.4, 0.5) is 0 Å². The van der Waals surface area contributed by atoms with Crippen LogP contribution < -0.4 is 10.1 Å². The van der Waals surface area contributed by atoms with Crippen LogP contribution in [-0.2, 0) is 6.54 Å². The molecule has 1 aliphatic rings. The van der Waals surface area contributed by atoms with Gasteiger partial charge in [0.15, 0.2) is 0 Å². The van der Waals surface area contributed by atoms with Crippen molar-refractivity contribution in [3.8, 4) is 5.75 Å². The lowest BCUT2D eigenvalue weighted by Crippen LogP contribution is -2.38. The predicted octanol–water partition coefficient (Wildman–Crippen LogP) is 1.36. The summed E-state index contributed by atoms with van der Waals surface area (Å²) < 4.78 is 11.1. The van der Waals surface area contributed by atoms with Gasteiger partial charge in [-0.3, -0.25) is 4.98 Å². The first-order valence-corrected chi connectivity index (χ1v) is 8.50. The van der Waals surface area contributed by atoms with Crippen LogP contribution in [0.2, 0.25) is 0 Å². The molecule has 1 unspecified atom stereocenters. The molecule has 7 nitrogen and oxygen atoms in total. The number of aryl methyl sites for hydroxylation is 2. The molecule has 0 bridgehead atoms. The minimum Gasteiger partial charge on any atom is -0.491 e. The van der Waals surface area contributed by atoms with Gasteiger partial charge in [-0.15, -0.1) is 0 Å². The van der Waals surface area contributed by atoms with Crippen LogP contribution in [0, 0.1) is 19.3 Å². The van der Waals surface area contributed by atoms with E-state index in [1.54, 1.807) is 12.4 Å². The van der Waals surface area contributed by atoms with Gasteiger partial charge in [-0.2, -0.15) is 0 Å². The molecule has 2 heterocycles. The van der Waals surface area contributed by atoms with E-state index in [9.17, 15) is 10.2 Å². The second-order valence-electron chi connectivity index (χ2n) is 6.93. The van der Waals surface area contributed by atoms with Crippen molar-refractivity contribution in [3.05, 3.63) is 41.5 Å². The largest absolute Gasteiger partial charge is 0.491 e. The molecule has 0 saturated heterocycles. The second kappa shape index (κ2) is 7.51. The molecule has 0 amide bonds. The molecule has 0 spiro atoms. The second-order valence-corrected chi connectivity index (χ2v) is 6.93. The Bertz CT molecular complexity index is 659. The van der Waals surface area contributed by atoms with Crippen LogP contribution in [0.25, 0.3) is 0 Å². The Kier molecular flexibility index (Phi) is 5.36. The van der Waals surface area contributed by atoms with Crippen molar-refractivity contribution >= 4 is 0 Å². The van der Waals surface area contributed by atoms with Gasteiger partial charge in [0.1, 0.15) is 11.5 Å². The average Bonchev–Trinajstić information content (AvgIpc) is 3.07. The van der Waals surface area contributed by atoms with E-state index in [0.717, 1.165) is 17.0 Å². The van der Waals surface area contributed by atoms with Gasteiger partial charge in [-0.05, 0) is 38.8 Å². The molecule has 1 fully saturated rings. The zero-order chi connectivity index (χ0) is 17.9. The Morgan fingerprint density at radius 2 is 2.08 bits per heavy atom. The van der Waals surface area contributed by atoms with Crippen molar-refractivity contribution in [1.29, 1.82) is 0 Å². The number of nitrogens with zero attached hydrogens (tertiary/aromatic N) is 2. The molecule has 3 rings (SSSR count). The summed E-state index contributed by atoms with van der Waals surface area (Å²) >= 11 is 0. The minimum atomic E-state index is -0.724. The third kappa shape index (κ3) is 4.18. The lowest BCUT2D eigenvalue weighted by molar-refractivity contribution is 0.0438. The molecule has 2 aromatic rings. The normalized spacial score (nSPS) is 26.1. The maximum atomic E-state index is 10.0. The van der Waals surface area contributed by atoms with E-state index in [1.807, 2.05) is 26.0 Å². The highest BCUT2D eigenvalue weighted by Crippen LogP contribution is 2.38. The number of aromatic nitrogens is 2. The summed E-state index contributed by atoms with van der Waals surface area (Å²) in [6.45, 7) is 5.45. The van der Waals surface area contributed by atoms with Crippen LogP contribution in [0.5, 0.6) is 5.75 Å². The number of nitrogens with one attached hydrogen (secondary N) is 1. The van der Waals surface area contributed by atoms with Gasteiger partial charge in [0, 0.05) is 30.3 Å². The smallest absolute Gasteiger partial charge is 0.138 e. The first kappa shape index (κ1) is 17.8. The Morgan fingerprint density at radius 1 is 1.32 bits per heavy atom. The van der Waals surface area contributed by atoms with E-state index in [-0.39, 0.29) is 5.41 Å². The molecule has 3 N–H and O–H groups in total. The van der Waals surface area contributed by atoms with E-state index >= 15 is 0 Å². The highest BCUT2D eigenvalue weighted by Gasteiger charge is 2.44. The fourth-order valence-corrected chi connectivity index (χ4v) is 3.43. The van der Waals surface area contributed by atoms with Crippen molar-refractivity contribution in [3.63, 3.8) is 0 Å². The summed E-state index contributed by atoms with van der Waals surface area (Å²) in [6.07, 6.45) is 2.88. The quantitative estimate of drug-likeness (QED) is 0.695. The summed E-state index contributed by atoms with van der Waals surface area (Å²) in [5.41, 5.74) is 1.58. The van der Waals surface area contributed by atoms with Crippen LogP contribution in [0.1, 0.15) is 29.9 Å². The van der Waals surface area contributed by atoms with Gasteiger partial charge < -0.3 is 24.8 Å². The van der Waals surface area contributed by atoms with Crippen molar-refractivity contribution in [2.24, 2.45) is 5.41 Å². The number of aliphatic hydroxyl groups excluding tert-OH is 2. The first-order valence-electron chi connectivity index (χ1n) is 8.50. The van der Waals surface area contributed by atoms with Crippen LogP contribution in [-0.4, -0.2) is 45.7 Å². The molecule has 25 heavy (non-hydrogen) atoms. The van der Waals surface area contributed by atoms with Gasteiger partial charge in [0.2, 0.25) is 0 Å². The fraction of sp³-hybridized carbons (Fsp3) is 0.556. The summed E-state index contributed by atoms with van der Waals surface area (Å²) in [5, 5.41) is 27.4. The molecule has 0 aromatic carbocycles. The number of aliphatic hydroxyl groups is 2. The van der Waals surface area contributed by atoms with E-state index in [0.29, 0.717) is 38.3 Å². The topological polar surface area (TPSA) is 101 Å². The van der Waals surface area contributed by atoms with Crippen molar-refractivity contribution in [2.45, 2.75) is 45.4 Å². The van der Waals surface area contributed by atoms with Gasteiger partial charge in [-0.1, -0.05) is 5.16 Å². The Balaban J connectivity index is 1.63. The lowest BCUT2D eigenvalue weighted by atomic mass is 9.86.